The second-order valence-corrected chi connectivity index (χ2v) is 6.27. The van der Waals surface area contributed by atoms with E-state index in [-0.39, 0.29) is 10.9 Å². The predicted octanol–water partition coefficient (Wildman–Crippen LogP) is 3.55. The van der Waals surface area contributed by atoms with Gasteiger partial charge in [0.1, 0.15) is 5.69 Å². The van der Waals surface area contributed by atoms with Crippen LogP contribution in [0.25, 0.3) is 0 Å². The minimum atomic E-state index is -4.59. The zero-order chi connectivity index (χ0) is 19.3. The molecule has 0 radical (unpaired) electrons. The van der Waals surface area contributed by atoms with Gasteiger partial charge in [0, 0.05) is 11.9 Å². The number of aromatic nitrogens is 2. The highest BCUT2D eigenvalue weighted by Crippen LogP contribution is 2.28. The molecule has 6 nitrogen and oxygen atoms in total. The third kappa shape index (κ3) is 5.73. The van der Waals surface area contributed by atoms with Gasteiger partial charge in [0.25, 0.3) is 0 Å². The number of carbonyl (C=O) groups is 2. The van der Waals surface area contributed by atoms with Gasteiger partial charge in [-0.15, -0.1) is 0 Å². The van der Waals surface area contributed by atoms with E-state index in [1.807, 2.05) is 26.0 Å². The number of carbonyl (C=O) groups excluding carboxylic acids is 2. The Morgan fingerprint density at radius 3 is 2.58 bits per heavy atom. The van der Waals surface area contributed by atoms with Crippen LogP contribution in [-0.4, -0.2) is 27.7 Å². The molecule has 0 bridgehead atoms. The minimum Gasteiger partial charge on any atom is -0.307 e. The molecule has 1 aromatic heterocycles. The van der Waals surface area contributed by atoms with Crippen LogP contribution in [0, 0.1) is 13.8 Å². The summed E-state index contributed by atoms with van der Waals surface area (Å²) in [6.45, 7) is 3.72. The Morgan fingerprint density at radius 1 is 1.19 bits per heavy atom. The molecule has 2 N–H and O–H groups in total. The molecule has 2 rings (SSSR count). The Kier molecular flexibility index (Phi) is 6.19. The second-order valence-electron chi connectivity index (χ2n) is 5.33. The monoisotopic (exact) mass is 384 g/mol. The Labute approximate surface area is 151 Å². The summed E-state index contributed by atoms with van der Waals surface area (Å²) in [6.07, 6.45) is -3.63. The van der Waals surface area contributed by atoms with Crippen LogP contribution >= 0.6 is 11.8 Å². The number of thioether (sulfide) groups is 1. The van der Waals surface area contributed by atoms with E-state index in [0.717, 1.165) is 23.4 Å². The topological polar surface area (TPSA) is 84.0 Å². The molecule has 1 aromatic carbocycles. The van der Waals surface area contributed by atoms with Crippen LogP contribution in [0.15, 0.2) is 35.6 Å². The minimum absolute atomic E-state index is 0.204. The van der Waals surface area contributed by atoms with Crippen molar-refractivity contribution in [1.82, 2.24) is 15.3 Å². The van der Waals surface area contributed by atoms with Crippen LogP contribution in [0.1, 0.15) is 16.8 Å². The molecule has 0 aliphatic rings. The van der Waals surface area contributed by atoms with Crippen molar-refractivity contribution in [2.75, 3.05) is 11.1 Å². The smallest absolute Gasteiger partial charge is 0.307 e. The number of hydrogen-bond acceptors (Lipinski definition) is 5. The molecule has 26 heavy (non-hydrogen) atoms. The number of benzene rings is 1. The Hall–Kier alpha value is -2.62. The Bertz CT molecular complexity index is 827. The summed E-state index contributed by atoms with van der Waals surface area (Å²) in [5, 5.41) is 4.43. The SMILES string of the molecule is Cc1ccc(NC(=O)NC(=O)CSc2nccc(C(F)(F)F)n2)c(C)c1. The normalized spacial score (nSPS) is 11.1. The average molecular weight is 384 g/mol. The van der Waals surface area contributed by atoms with Gasteiger partial charge in [-0.25, -0.2) is 14.8 Å². The van der Waals surface area contributed by atoms with Crippen molar-refractivity contribution in [1.29, 1.82) is 0 Å². The first-order chi connectivity index (χ1) is 12.1. The van der Waals surface area contributed by atoms with Crippen molar-refractivity contribution < 1.29 is 22.8 Å². The molecule has 1 heterocycles. The van der Waals surface area contributed by atoms with Gasteiger partial charge < -0.3 is 5.32 Å². The van der Waals surface area contributed by atoms with Gasteiger partial charge >= 0.3 is 12.2 Å². The first kappa shape index (κ1) is 19.7. The number of hydrogen-bond donors (Lipinski definition) is 2. The van der Waals surface area contributed by atoms with Crippen LogP contribution < -0.4 is 10.6 Å². The van der Waals surface area contributed by atoms with E-state index in [0.29, 0.717) is 17.4 Å². The summed E-state index contributed by atoms with van der Waals surface area (Å²) >= 11 is 0.698. The van der Waals surface area contributed by atoms with Gasteiger partial charge in [0.15, 0.2) is 5.16 Å². The van der Waals surface area contributed by atoms with Crippen molar-refractivity contribution in [3.8, 4) is 0 Å². The van der Waals surface area contributed by atoms with Crippen LogP contribution in [0.5, 0.6) is 0 Å². The van der Waals surface area contributed by atoms with Crippen molar-refractivity contribution >= 4 is 29.4 Å². The van der Waals surface area contributed by atoms with Crippen LogP contribution in [0.3, 0.4) is 0 Å². The van der Waals surface area contributed by atoms with Gasteiger partial charge in [-0.1, -0.05) is 29.5 Å². The van der Waals surface area contributed by atoms with Gasteiger partial charge in [0.05, 0.1) is 5.75 Å². The quantitative estimate of drug-likeness (QED) is 0.622. The van der Waals surface area contributed by atoms with Crippen LogP contribution in [0.4, 0.5) is 23.7 Å². The number of amides is 3. The van der Waals surface area contributed by atoms with Gasteiger partial charge in [-0.2, -0.15) is 13.2 Å². The van der Waals surface area contributed by atoms with Crippen molar-refractivity contribution in [2.24, 2.45) is 0 Å². The first-order valence-electron chi connectivity index (χ1n) is 7.36. The maximum absolute atomic E-state index is 12.6. The lowest BCUT2D eigenvalue weighted by Crippen LogP contribution is -2.35. The summed E-state index contributed by atoms with van der Waals surface area (Å²) in [7, 11) is 0. The van der Waals surface area contributed by atoms with E-state index >= 15 is 0 Å². The third-order valence-corrected chi connectivity index (χ3v) is 4.00. The maximum Gasteiger partial charge on any atom is 0.433 e. The Balaban J connectivity index is 1.88. The fourth-order valence-electron chi connectivity index (χ4n) is 1.97. The van der Waals surface area contributed by atoms with E-state index in [1.54, 1.807) is 6.07 Å². The average Bonchev–Trinajstić information content (AvgIpc) is 2.55. The van der Waals surface area contributed by atoms with E-state index in [2.05, 4.69) is 20.6 Å². The molecule has 0 saturated heterocycles. The molecular formula is C16H15F3N4O2S. The number of aryl methyl sites for hydroxylation is 2. The molecule has 138 valence electrons. The standard InChI is InChI=1S/C16H15F3N4O2S/c1-9-3-4-11(10(2)7-9)21-14(25)23-13(24)8-26-15-20-6-5-12(22-15)16(17,18)19/h3-7H,8H2,1-2H3,(H2,21,23,24,25). The van der Waals surface area contributed by atoms with E-state index in [1.165, 1.54) is 0 Å². The summed E-state index contributed by atoms with van der Waals surface area (Å²) in [4.78, 5) is 30.6. The fraction of sp³-hybridized carbons (Fsp3) is 0.250. The molecule has 0 atom stereocenters. The number of rotatable bonds is 4. The molecule has 0 aliphatic carbocycles. The number of halogens is 3. The zero-order valence-corrected chi connectivity index (χ0v) is 14.7. The molecule has 0 fully saturated rings. The van der Waals surface area contributed by atoms with Crippen molar-refractivity contribution in [2.45, 2.75) is 25.2 Å². The lowest BCUT2D eigenvalue weighted by Gasteiger charge is -2.10. The molecule has 0 spiro atoms. The first-order valence-corrected chi connectivity index (χ1v) is 8.35. The predicted molar refractivity (Wildman–Crippen MR) is 90.8 cm³/mol. The van der Waals surface area contributed by atoms with E-state index in [9.17, 15) is 22.8 Å². The van der Waals surface area contributed by atoms with Crippen molar-refractivity contribution in [3.05, 3.63) is 47.3 Å². The molecular weight excluding hydrogens is 369 g/mol. The summed E-state index contributed by atoms with van der Waals surface area (Å²) in [6, 6.07) is 5.40. The number of urea groups is 1. The van der Waals surface area contributed by atoms with Crippen LogP contribution in [-0.2, 0) is 11.0 Å². The van der Waals surface area contributed by atoms with Gasteiger partial charge in [-0.3, -0.25) is 10.1 Å². The van der Waals surface area contributed by atoms with Crippen molar-refractivity contribution in [3.63, 3.8) is 0 Å². The molecule has 2 aromatic rings. The maximum atomic E-state index is 12.6. The summed E-state index contributed by atoms with van der Waals surface area (Å²) in [5.41, 5.74) is 1.32. The largest absolute Gasteiger partial charge is 0.433 e. The number of nitrogens with zero attached hydrogens (tertiary/aromatic N) is 2. The third-order valence-electron chi connectivity index (χ3n) is 3.14. The highest BCUT2D eigenvalue weighted by Gasteiger charge is 2.32. The molecule has 0 saturated carbocycles. The zero-order valence-electron chi connectivity index (χ0n) is 13.8. The van der Waals surface area contributed by atoms with Crippen LogP contribution in [0.2, 0.25) is 0 Å². The fourth-order valence-corrected chi connectivity index (χ4v) is 2.60. The number of imide groups is 1. The molecule has 0 aliphatic heterocycles. The van der Waals surface area contributed by atoms with E-state index in [4.69, 9.17) is 0 Å². The highest BCUT2D eigenvalue weighted by atomic mass is 32.2. The Morgan fingerprint density at radius 2 is 1.92 bits per heavy atom. The molecule has 10 heteroatoms. The number of nitrogens with one attached hydrogen (secondary N) is 2. The molecule has 0 unspecified atom stereocenters. The number of anilines is 1. The van der Waals surface area contributed by atoms with Gasteiger partial charge in [-0.05, 0) is 31.5 Å². The number of alkyl halides is 3. The lowest BCUT2D eigenvalue weighted by atomic mass is 10.1. The highest BCUT2D eigenvalue weighted by molar-refractivity contribution is 7.99. The molecule has 3 amide bonds. The second kappa shape index (κ2) is 8.17. The van der Waals surface area contributed by atoms with E-state index < -0.39 is 23.8 Å². The lowest BCUT2D eigenvalue weighted by molar-refractivity contribution is -0.141. The summed E-state index contributed by atoms with van der Waals surface area (Å²) < 4.78 is 37.7. The van der Waals surface area contributed by atoms with Gasteiger partial charge in [0.2, 0.25) is 5.91 Å². The summed E-state index contributed by atoms with van der Waals surface area (Å²) in [5.74, 6) is -0.986.